The highest BCUT2D eigenvalue weighted by Crippen LogP contribution is 2.24. The predicted octanol–water partition coefficient (Wildman–Crippen LogP) is 3.48. The lowest BCUT2D eigenvalue weighted by Crippen LogP contribution is -2.25. The molecule has 6 nitrogen and oxygen atoms in total. The fraction of sp³-hybridized carbons (Fsp3) is 0.250. The number of benzene rings is 1. The highest BCUT2D eigenvalue weighted by molar-refractivity contribution is 7.11. The van der Waals surface area contributed by atoms with Crippen molar-refractivity contribution in [2.45, 2.75) is 19.9 Å². The third kappa shape index (κ3) is 4.90. The minimum Gasteiger partial charge on any atom is -0.396 e. The van der Waals surface area contributed by atoms with E-state index in [0.29, 0.717) is 23.6 Å². The Kier molecular flexibility index (Phi) is 6.33. The third-order valence-corrected chi connectivity index (χ3v) is 5.36. The largest absolute Gasteiger partial charge is 0.396 e. The van der Waals surface area contributed by atoms with Crippen molar-refractivity contribution >= 4 is 29.3 Å². The Morgan fingerprint density at radius 1 is 1.21 bits per heavy atom. The number of likely N-dealkylation sites (N-methyl/N-ethyl adjacent to an activating group) is 1. The number of nitrogens with zero attached hydrogens (tertiary/aromatic N) is 3. The Hall–Kier alpha value is -2.84. The molecule has 1 amide bonds. The molecule has 1 aliphatic heterocycles. The van der Waals surface area contributed by atoms with Gasteiger partial charge >= 0.3 is 0 Å². The van der Waals surface area contributed by atoms with Crippen LogP contribution in [-0.2, 0) is 17.8 Å². The predicted molar refractivity (Wildman–Crippen MR) is 111 cm³/mol. The number of nitrogens with two attached hydrogens (primary N) is 1. The molecule has 0 fully saturated rings. The van der Waals surface area contributed by atoms with E-state index in [0.717, 1.165) is 12.1 Å². The quantitative estimate of drug-likeness (QED) is 0.659. The summed E-state index contributed by atoms with van der Waals surface area (Å²) in [6, 6.07) is 9.26. The van der Waals surface area contributed by atoms with Crippen molar-refractivity contribution in [2.24, 2.45) is 0 Å². The molecule has 0 atom stereocenters. The van der Waals surface area contributed by atoms with Crippen LogP contribution < -0.4 is 11.1 Å². The minimum atomic E-state index is -0.310. The summed E-state index contributed by atoms with van der Waals surface area (Å²) >= 11 is 1.85. The number of pyridine rings is 1. The van der Waals surface area contributed by atoms with E-state index in [1.54, 1.807) is 24.3 Å². The van der Waals surface area contributed by atoms with E-state index in [2.05, 4.69) is 34.2 Å². The van der Waals surface area contributed by atoms with Crippen LogP contribution in [0.25, 0.3) is 11.3 Å². The first-order valence-electron chi connectivity index (χ1n) is 8.82. The lowest BCUT2D eigenvalue weighted by Gasteiger charge is -2.20. The molecule has 146 valence electrons. The molecule has 0 radical (unpaired) electrons. The molecular weight excluding hydrogens is 377 g/mol. The molecule has 3 N–H and O–H groups in total. The number of aromatic nitrogens is 2. The van der Waals surface area contributed by atoms with Crippen LogP contribution in [0.2, 0.25) is 0 Å². The summed E-state index contributed by atoms with van der Waals surface area (Å²) in [5, 5.41) is 3.62. The van der Waals surface area contributed by atoms with Crippen molar-refractivity contribution in [2.75, 3.05) is 24.6 Å². The highest BCUT2D eigenvalue weighted by atomic mass is 32.1. The van der Waals surface area contributed by atoms with Gasteiger partial charge in [-0.2, -0.15) is 0 Å². The summed E-state index contributed by atoms with van der Waals surface area (Å²) < 4.78 is 12.8. The molecule has 0 saturated heterocycles. The fourth-order valence-electron chi connectivity index (χ4n) is 2.88. The van der Waals surface area contributed by atoms with Crippen LogP contribution in [-0.4, -0.2) is 34.9 Å². The topological polar surface area (TPSA) is 84.1 Å². The molecule has 28 heavy (non-hydrogen) atoms. The van der Waals surface area contributed by atoms with E-state index >= 15 is 0 Å². The van der Waals surface area contributed by atoms with Gasteiger partial charge in [0.05, 0.1) is 22.1 Å². The van der Waals surface area contributed by atoms with Gasteiger partial charge in [-0.25, -0.2) is 14.4 Å². The van der Waals surface area contributed by atoms with Crippen LogP contribution in [0.4, 0.5) is 15.9 Å². The maximum Gasteiger partial charge on any atom is 0.212 e. The molecule has 0 saturated carbocycles. The fourth-order valence-corrected chi connectivity index (χ4v) is 3.81. The second-order valence-corrected chi connectivity index (χ2v) is 7.78. The minimum absolute atomic E-state index is 0.293. The van der Waals surface area contributed by atoms with E-state index in [4.69, 9.17) is 5.73 Å². The van der Waals surface area contributed by atoms with Gasteiger partial charge in [0, 0.05) is 23.5 Å². The van der Waals surface area contributed by atoms with Crippen LogP contribution in [0, 0.1) is 12.7 Å². The number of hydrogen-bond acceptors (Lipinski definition) is 6. The molecule has 8 heteroatoms. The smallest absolute Gasteiger partial charge is 0.212 e. The number of nitrogens with one attached hydrogen (secondary N) is 1. The van der Waals surface area contributed by atoms with Crippen molar-refractivity contribution < 1.29 is 9.18 Å². The number of fused-ring (bicyclic) bond motifs is 1. The lowest BCUT2D eigenvalue weighted by molar-refractivity contribution is -0.105. The Labute approximate surface area is 167 Å². The third-order valence-electron chi connectivity index (χ3n) is 4.29. The zero-order valence-electron chi connectivity index (χ0n) is 15.8. The molecule has 0 aliphatic carbocycles. The van der Waals surface area contributed by atoms with Crippen molar-refractivity contribution in [1.29, 1.82) is 0 Å². The number of thiazole rings is 1. The average Bonchev–Trinajstić information content (AvgIpc) is 3.04. The van der Waals surface area contributed by atoms with Crippen LogP contribution >= 0.6 is 11.3 Å². The summed E-state index contributed by atoms with van der Waals surface area (Å²) in [4.78, 5) is 22.8. The zero-order chi connectivity index (χ0) is 20.1. The molecule has 1 aromatic carbocycles. The zero-order valence-corrected chi connectivity index (χ0v) is 16.6. The SMILES string of the molecule is Cc1nc2c(s1)CCN(C)C2.Nc1ccc(-c2ccc(F)cc2)nc1NC=O. The summed E-state index contributed by atoms with van der Waals surface area (Å²) in [7, 11) is 2.15. The first-order chi connectivity index (χ1) is 13.5. The first kappa shape index (κ1) is 19.9. The number of hydrogen-bond donors (Lipinski definition) is 2. The Morgan fingerprint density at radius 3 is 2.68 bits per heavy atom. The van der Waals surface area contributed by atoms with Crippen molar-refractivity contribution in [3.8, 4) is 11.3 Å². The number of carbonyl (C=O) groups is 1. The summed E-state index contributed by atoms with van der Waals surface area (Å²) in [5.41, 5.74) is 8.68. The normalized spacial score (nSPS) is 13.2. The molecule has 4 rings (SSSR count). The van der Waals surface area contributed by atoms with Crippen molar-refractivity contribution in [3.63, 3.8) is 0 Å². The lowest BCUT2D eigenvalue weighted by atomic mass is 10.1. The molecule has 3 aromatic rings. The van der Waals surface area contributed by atoms with Gasteiger partial charge in [-0.15, -0.1) is 11.3 Å². The molecule has 3 heterocycles. The van der Waals surface area contributed by atoms with Gasteiger partial charge in [0.25, 0.3) is 0 Å². The van der Waals surface area contributed by atoms with Gasteiger partial charge in [0.1, 0.15) is 5.82 Å². The van der Waals surface area contributed by atoms with Crippen molar-refractivity contribution in [1.82, 2.24) is 14.9 Å². The summed E-state index contributed by atoms with van der Waals surface area (Å²) in [6.45, 7) is 4.32. The standard InChI is InChI=1S/C12H10FN3O.C8H12N2S/c13-9-3-1-8(2-4-9)11-6-5-10(14)12(16-11)15-7-17;1-6-9-7-5-10(2)4-3-8(7)11-6/h1-7H,14H2,(H,15,16,17);3-5H2,1-2H3. The maximum absolute atomic E-state index is 12.8. The van der Waals surface area contributed by atoms with Gasteiger partial charge in [-0.05, 0) is 56.8 Å². The second-order valence-electron chi connectivity index (χ2n) is 6.49. The molecule has 0 spiro atoms. The second kappa shape index (κ2) is 8.90. The molecule has 1 aliphatic rings. The van der Waals surface area contributed by atoms with Crippen LogP contribution in [0.5, 0.6) is 0 Å². The molecular formula is C20H22FN5OS. The van der Waals surface area contributed by atoms with E-state index in [-0.39, 0.29) is 5.82 Å². The first-order valence-corrected chi connectivity index (χ1v) is 9.64. The summed E-state index contributed by atoms with van der Waals surface area (Å²) in [5.74, 6) is -0.0164. The van der Waals surface area contributed by atoms with Gasteiger partial charge in [-0.1, -0.05) is 0 Å². The maximum atomic E-state index is 12.8. The van der Waals surface area contributed by atoms with E-state index in [1.165, 1.54) is 40.7 Å². The van der Waals surface area contributed by atoms with Crippen LogP contribution in [0.1, 0.15) is 15.6 Å². The number of aryl methyl sites for hydroxylation is 1. The van der Waals surface area contributed by atoms with Crippen molar-refractivity contribution in [3.05, 3.63) is 57.8 Å². The summed E-state index contributed by atoms with van der Waals surface area (Å²) in [6.07, 6.45) is 1.70. The van der Waals surface area contributed by atoms with Gasteiger partial charge in [0.2, 0.25) is 6.41 Å². The Morgan fingerprint density at radius 2 is 1.96 bits per heavy atom. The Balaban J connectivity index is 0.000000176. The van der Waals surface area contributed by atoms with Crippen LogP contribution in [0.15, 0.2) is 36.4 Å². The molecule has 0 unspecified atom stereocenters. The van der Waals surface area contributed by atoms with Gasteiger partial charge in [0.15, 0.2) is 5.82 Å². The van der Waals surface area contributed by atoms with E-state index in [9.17, 15) is 9.18 Å². The highest BCUT2D eigenvalue weighted by Gasteiger charge is 2.16. The van der Waals surface area contributed by atoms with E-state index < -0.39 is 0 Å². The monoisotopic (exact) mass is 399 g/mol. The average molecular weight is 399 g/mol. The Bertz CT molecular complexity index is 958. The van der Waals surface area contributed by atoms with Crippen LogP contribution in [0.3, 0.4) is 0 Å². The molecule has 2 aromatic heterocycles. The number of carbonyl (C=O) groups excluding carboxylic acids is 1. The number of halogens is 1. The van der Waals surface area contributed by atoms with Gasteiger partial charge in [-0.3, -0.25) is 4.79 Å². The number of anilines is 2. The van der Waals surface area contributed by atoms with E-state index in [1.807, 2.05) is 11.3 Å². The van der Waals surface area contributed by atoms with Gasteiger partial charge < -0.3 is 16.0 Å². The number of rotatable bonds is 3. The molecule has 0 bridgehead atoms. The number of amides is 1. The number of nitrogen functional groups attached to an aromatic ring is 1.